The van der Waals surface area contributed by atoms with Gasteiger partial charge in [-0.1, -0.05) is 12.8 Å². The third kappa shape index (κ3) is 5.01. The summed E-state index contributed by atoms with van der Waals surface area (Å²) in [5, 5.41) is 2.89. The number of carbonyl (C=O) groups is 1. The highest BCUT2D eigenvalue weighted by molar-refractivity contribution is 5.94. The molecule has 0 atom stereocenters. The van der Waals surface area contributed by atoms with E-state index in [1.54, 1.807) is 6.20 Å². The maximum atomic E-state index is 12.0. The monoisotopic (exact) mass is 290 g/mol. The molecule has 5 nitrogen and oxygen atoms in total. The zero-order chi connectivity index (χ0) is 14.9. The summed E-state index contributed by atoms with van der Waals surface area (Å²) in [4.78, 5) is 18.7. The van der Waals surface area contributed by atoms with Crippen molar-refractivity contribution < 1.29 is 4.79 Å². The molecule has 1 aromatic rings. The molecule has 0 aromatic carbocycles. The summed E-state index contributed by atoms with van der Waals surface area (Å²) in [5.74, 6) is 0.929. The predicted octanol–water partition coefficient (Wildman–Crippen LogP) is 1.93. The van der Waals surface area contributed by atoms with Crippen molar-refractivity contribution in [2.24, 2.45) is 5.73 Å². The van der Waals surface area contributed by atoms with Crippen molar-refractivity contribution in [1.29, 1.82) is 0 Å². The Hall–Kier alpha value is -1.62. The fourth-order valence-electron chi connectivity index (χ4n) is 2.58. The molecule has 2 heterocycles. The molecule has 0 bridgehead atoms. The molecule has 5 heteroatoms. The summed E-state index contributed by atoms with van der Waals surface area (Å²) in [7, 11) is 0. The van der Waals surface area contributed by atoms with Gasteiger partial charge < -0.3 is 16.0 Å². The fraction of sp³-hybridized carbons (Fsp3) is 0.625. The molecule has 3 N–H and O–H groups in total. The normalized spacial score (nSPS) is 15.6. The third-order valence-corrected chi connectivity index (χ3v) is 3.86. The summed E-state index contributed by atoms with van der Waals surface area (Å²) in [5.41, 5.74) is 6.05. The number of nitrogens with one attached hydrogen (secondary N) is 1. The molecule has 1 saturated heterocycles. The van der Waals surface area contributed by atoms with Crippen molar-refractivity contribution >= 4 is 11.7 Å². The van der Waals surface area contributed by atoms with Crippen molar-refractivity contribution in [2.45, 2.75) is 38.5 Å². The van der Waals surface area contributed by atoms with Gasteiger partial charge in [0.2, 0.25) is 0 Å². The zero-order valence-electron chi connectivity index (χ0n) is 12.7. The van der Waals surface area contributed by atoms with Crippen LogP contribution in [0.5, 0.6) is 0 Å². The van der Waals surface area contributed by atoms with Crippen molar-refractivity contribution in [1.82, 2.24) is 10.3 Å². The van der Waals surface area contributed by atoms with Crippen LogP contribution >= 0.6 is 0 Å². The topological polar surface area (TPSA) is 71.2 Å². The molecular formula is C16H26N4O. The van der Waals surface area contributed by atoms with Crippen LogP contribution in [0.4, 0.5) is 5.82 Å². The minimum atomic E-state index is -0.0538. The smallest absolute Gasteiger partial charge is 0.252 e. The number of unbranched alkanes of at least 4 members (excludes halogenated alkanes) is 1. The van der Waals surface area contributed by atoms with Gasteiger partial charge in [-0.25, -0.2) is 4.98 Å². The van der Waals surface area contributed by atoms with Gasteiger partial charge in [-0.05, 0) is 44.4 Å². The molecule has 2 rings (SSSR count). The van der Waals surface area contributed by atoms with Crippen molar-refractivity contribution in [3.8, 4) is 0 Å². The Labute approximate surface area is 126 Å². The lowest BCUT2D eigenvalue weighted by atomic mass is 10.2. The van der Waals surface area contributed by atoms with E-state index in [4.69, 9.17) is 5.73 Å². The van der Waals surface area contributed by atoms with Crippen molar-refractivity contribution in [3.05, 3.63) is 23.9 Å². The summed E-state index contributed by atoms with van der Waals surface area (Å²) in [6.07, 6.45) is 8.60. The van der Waals surface area contributed by atoms with Crippen LogP contribution in [0, 0.1) is 0 Å². The van der Waals surface area contributed by atoms with Crippen molar-refractivity contribution in [3.63, 3.8) is 0 Å². The first-order chi connectivity index (χ1) is 10.3. The Morgan fingerprint density at radius 2 is 1.95 bits per heavy atom. The van der Waals surface area contributed by atoms with Gasteiger partial charge in [0, 0.05) is 25.8 Å². The lowest BCUT2D eigenvalue weighted by molar-refractivity contribution is 0.0952. The van der Waals surface area contributed by atoms with E-state index in [9.17, 15) is 4.79 Å². The highest BCUT2D eigenvalue weighted by Gasteiger charge is 2.12. The van der Waals surface area contributed by atoms with Crippen LogP contribution in [-0.2, 0) is 0 Å². The van der Waals surface area contributed by atoms with Gasteiger partial charge >= 0.3 is 0 Å². The first kappa shape index (κ1) is 15.8. The van der Waals surface area contributed by atoms with Crippen LogP contribution in [0.15, 0.2) is 18.3 Å². The summed E-state index contributed by atoms with van der Waals surface area (Å²) < 4.78 is 0. The summed E-state index contributed by atoms with van der Waals surface area (Å²) >= 11 is 0. The number of pyridine rings is 1. The van der Waals surface area contributed by atoms with Crippen LogP contribution in [0.1, 0.15) is 48.9 Å². The molecule has 0 radical (unpaired) electrons. The largest absolute Gasteiger partial charge is 0.357 e. The fourth-order valence-corrected chi connectivity index (χ4v) is 2.58. The Morgan fingerprint density at radius 3 is 2.57 bits per heavy atom. The molecule has 0 unspecified atom stereocenters. The highest BCUT2D eigenvalue weighted by Crippen LogP contribution is 2.17. The van der Waals surface area contributed by atoms with Gasteiger partial charge in [-0.2, -0.15) is 0 Å². The van der Waals surface area contributed by atoms with E-state index in [-0.39, 0.29) is 5.91 Å². The number of nitrogens with zero attached hydrogens (tertiary/aromatic N) is 2. The molecule has 1 aliphatic rings. The van der Waals surface area contributed by atoms with Crippen LogP contribution in [-0.4, -0.2) is 37.1 Å². The second-order valence-corrected chi connectivity index (χ2v) is 5.56. The number of anilines is 1. The average molecular weight is 290 g/mol. The molecule has 0 aliphatic carbocycles. The van der Waals surface area contributed by atoms with Gasteiger partial charge in [0.1, 0.15) is 5.82 Å². The average Bonchev–Trinajstić information content (AvgIpc) is 2.81. The molecule has 116 valence electrons. The van der Waals surface area contributed by atoms with Crippen LogP contribution in [0.2, 0.25) is 0 Å². The van der Waals surface area contributed by atoms with Crippen molar-refractivity contribution in [2.75, 3.05) is 31.1 Å². The van der Waals surface area contributed by atoms with E-state index >= 15 is 0 Å². The van der Waals surface area contributed by atoms with Crippen LogP contribution < -0.4 is 16.0 Å². The van der Waals surface area contributed by atoms with Crippen LogP contribution in [0.25, 0.3) is 0 Å². The van der Waals surface area contributed by atoms with E-state index in [0.29, 0.717) is 18.7 Å². The van der Waals surface area contributed by atoms with Gasteiger partial charge in [0.05, 0.1) is 5.56 Å². The molecule has 0 saturated carbocycles. The molecular weight excluding hydrogens is 264 g/mol. The van der Waals surface area contributed by atoms with E-state index in [1.807, 2.05) is 12.1 Å². The Kier molecular flexibility index (Phi) is 6.47. The van der Waals surface area contributed by atoms with E-state index in [1.165, 1.54) is 25.7 Å². The second-order valence-electron chi connectivity index (χ2n) is 5.56. The van der Waals surface area contributed by atoms with Gasteiger partial charge in [0.15, 0.2) is 0 Å². The number of carbonyl (C=O) groups excluding carboxylic acids is 1. The maximum absolute atomic E-state index is 12.0. The Balaban J connectivity index is 1.87. The van der Waals surface area contributed by atoms with Crippen LogP contribution in [0.3, 0.4) is 0 Å². The molecule has 0 spiro atoms. The highest BCUT2D eigenvalue weighted by atomic mass is 16.1. The lowest BCUT2D eigenvalue weighted by Gasteiger charge is -2.21. The SMILES string of the molecule is NCCCCNC(=O)c1ccc(N2CCCCCC2)nc1. The predicted molar refractivity (Wildman–Crippen MR) is 85.5 cm³/mol. The number of hydrogen-bond donors (Lipinski definition) is 2. The number of aromatic nitrogens is 1. The Bertz CT molecular complexity index is 424. The van der Waals surface area contributed by atoms with E-state index < -0.39 is 0 Å². The Morgan fingerprint density at radius 1 is 1.19 bits per heavy atom. The molecule has 1 fully saturated rings. The van der Waals surface area contributed by atoms with Gasteiger partial charge in [-0.15, -0.1) is 0 Å². The summed E-state index contributed by atoms with van der Waals surface area (Å²) in [6.45, 7) is 3.47. The van der Waals surface area contributed by atoms with Gasteiger partial charge in [0.25, 0.3) is 5.91 Å². The first-order valence-corrected chi connectivity index (χ1v) is 8.00. The third-order valence-electron chi connectivity index (χ3n) is 3.86. The number of amides is 1. The van der Waals surface area contributed by atoms with E-state index in [0.717, 1.165) is 31.7 Å². The molecule has 1 aliphatic heterocycles. The minimum absolute atomic E-state index is 0.0538. The number of rotatable bonds is 6. The molecule has 1 aromatic heterocycles. The molecule has 21 heavy (non-hydrogen) atoms. The zero-order valence-corrected chi connectivity index (χ0v) is 12.7. The first-order valence-electron chi connectivity index (χ1n) is 8.00. The standard InChI is InChI=1S/C16H26N4O/c17-9-3-4-10-18-16(21)14-7-8-15(19-13-14)20-11-5-1-2-6-12-20/h7-8,13H,1-6,9-12,17H2,(H,18,21). The quantitative estimate of drug-likeness (QED) is 0.785. The summed E-state index contributed by atoms with van der Waals surface area (Å²) in [6, 6.07) is 3.83. The number of nitrogens with two attached hydrogens (primary N) is 1. The second kappa shape index (κ2) is 8.62. The number of hydrogen-bond acceptors (Lipinski definition) is 4. The maximum Gasteiger partial charge on any atom is 0.252 e. The van der Waals surface area contributed by atoms with Gasteiger partial charge in [-0.3, -0.25) is 4.79 Å². The minimum Gasteiger partial charge on any atom is -0.357 e. The van der Waals surface area contributed by atoms with E-state index in [2.05, 4.69) is 15.2 Å². The molecule has 1 amide bonds. The lowest BCUT2D eigenvalue weighted by Crippen LogP contribution is -2.26.